The van der Waals surface area contributed by atoms with Gasteiger partial charge in [-0.05, 0) is 0 Å². The van der Waals surface area contributed by atoms with E-state index in [0.29, 0.717) is 5.52 Å². The molecule has 62 valence electrons. The van der Waals surface area contributed by atoms with Gasteiger partial charge in [-0.1, -0.05) is 0 Å². The van der Waals surface area contributed by atoms with Crippen LogP contribution in [0.2, 0.25) is 0 Å². The fourth-order valence-corrected chi connectivity index (χ4v) is 1.18. The molecule has 0 fully saturated rings. The van der Waals surface area contributed by atoms with Crippen LogP contribution in [0.1, 0.15) is 0 Å². The Labute approximate surface area is 68.3 Å². The third-order valence-electron chi connectivity index (χ3n) is 1.82. The number of hydrogen-bond acceptors (Lipinski definition) is 2. The first kappa shape index (κ1) is 6.97. The van der Waals surface area contributed by atoms with Crippen LogP contribution in [0.5, 0.6) is 5.75 Å². The summed E-state index contributed by atoms with van der Waals surface area (Å²) in [7, 11) is 1.67. The van der Waals surface area contributed by atoms with Crippen LogP contribution in [-0.4, -0.2) is 14.1 Å². The maximum Gasteiger partial charge on any atom is 0.274 e. The second-order valence-corrected chi connectivity index (χ2v) is 2.71. The summed E-state index contributed by atoms with van der Waals surface area (Å²) in [6, 6.07) is 1.45. The van der Waals surface area contributed by atoms with E-state index < -0.39 is 0 Å². The van der Waals surface area contributed by atoms with Gasteiger partial charge in [0.2, 0.25) is 0 Å². The quantitative estimate of drug-likeness (QED) is 0.610. The summed E-state index contributed by atoms with van der Waals surface area (Å²) in [5.74, 6) is 0.110. The largest absolute Gasteiger partial charge is 0.506 e. The molecular formula is C8H8N2O2. The first-order valence-corrected chi connectivity index (χ1v) is 3.55. The first-order valence-electron chi connectivity index (χ1n) is 3.55. The summed E-state index contributed by atoms with van der Waals surface area (Å²) < 4.78 is 3.06. The second-order valence-electron chi connectivity index (χ2n) is 2.71. The van der Waals surface area contributed by atoms with Gasteiger partial charge < -0.3 is 14.1 Å². The molecule has 4 nitrogen and oxygen atoms in total. The molecule has 0 saturated heterocycles. The number of fused-ring (bicyclic) bond motifs is 1. The van der Waals surface area contributed by atoms with Crippen molar-refractivity contribution >= 4 is 5.52 Å². The number of aromatic nitrogens is 2. The van der Waals surface area contributed by atoms with Gasteiger partial charge >= 0.3 is 0 Å². The van der Waals surface area contributed by atoms with E-state index in [2.05, 4.69) is 0 Å². The van der Waals surface area contributed by atoms with E-state index in [9.17, 15) is 4.79 Å². The van der Waals surface area contributed by atoms with Crippen LogP contribution in [0, 0.1) is 0 Å². The Hall–Kier alpha value is -1.71. The van der Waals surface area contributed by atoms with Crippen molar-refractivity contribution in [2.45, 2.75) is 0 Å². The van der Waals surface area contributed by atoms with Crippen molar-refractivity contribution in [3.8, 4) is 5.75 Å². The fraction of sp³-hybridized carbons (Fsp3) is 0.125. The molecule has 0 spiro atoms. The monoisotopic (exact) mass is 164 g/mol. The zero-order valence-corrected chi connectivity index (χ0v) is 6.56. The van der Waals surface area contributed by atoms with Crippen LogP contribution >= 0.6 is 0 Å². The predicted molar refractivity (Wildman–Crippen MR) is 44.3 cm³/mol. The van der Waals surface area contributed by atoms with Gasteiger partial charge in [-0.2, -0.15) is 0 Å². The van der Waals surface area contributed by atoms with Gasteiger partial charge in [0, 0.05) is 25.5 Å². The lowest BCUT2D eigenvalue weighted by Gasteiger charge is -1.96. The number of aryl methyl sites for hydroxylation is 1. The van der Waals surface area contributed by atoms with Crippen LogP contribution in [0.3, 0.4) is 0 Å². The summed E-state index contributed by atoms with van der Waals surface area (Å²) in [6.07, 6.45) is 4.86. The van der Waals surface area contributed by atoms with Gasteiger partial charge in [-0.3, -0.25) is 4.79 Å². The van der Waals surface area contributed by atoms with E-state index in [1.807, 2.05) is 0 Å². The normalized spacial score (nSPS) is 10.8. The Morgan fingerprint density at radius 1 is 1.42 bits per heavy atom. The number of rotatable bonds is 0. The molecule has 4 heteroatoms. The van der Waals surface area contributed by atoms with E-state index in [0.717, 1.165) is 0 Å². The van der Waals surface area contributed by atoms with Crippen molar-refractivity contribution in [1.29, 1.82) is 0 Å². The second kappa shape index (κ2) is 2.14. The third kappa shape index (κ3) is 0.812. The molecule has 0 amide bonds. The van der Waals surface area contributed by atoms with Crippen LogP contribution in [0.15, 0.2) is 29.5 Å². The van der Waals surface area contributed by atoms with Crippen molar-refractivity contribution in [1.82, 2.24) is 8.97 Å². The lowest BCUT2D eigenvalue weighted by atomic mass is 10.5. The molecule has 2 heterocycles. The molecule has 12 heavy (non-hydrogen) atoms. The van der Waals surface area contributed by atoms with Gasteiger partial charge in [0.15, 0.2) is 0 Å². The minimum Gasteiger partial charge on any atom is -0.506 e. The minimum absolute atomic E-state index is 0.110. The van der Waals surface area contributed by atoms with E-state index in [1.54, 1.807) is 23.8 Å². The molecule has 0 radical (unpaired) electrons. The molecule has 1 N–H and O–H groups in total. The van der Waals surface area contributed by atoms with E-state index >= 15 is 0 Å². The highest BCUT2D eigenvalue weighted by molar-refractivity contribution is 5.50. The highest BCUT2D eigenvalue weighted by atomic mass is 16.3. The van der Waals surface area contributed by atoms with Gasteiger partial charge in [0.1, 0.15) is 11.3 Å². The van der Waals surface area contributed by atoms with E-state index in [4.69, 9.17) is 5.11 Å². The van der Waals surface area contributed by atoms with Gasteiger partial charge in [-0.15, -0.1) is 0 Å². The summed E-state index contributed by atoms with van der Waals surface area (Å²) in [5.41, 5.74) is 0.371. The third-order valence-corrected chi connectivity index (χ3v) is 1.82. The smallest absolute Gasteiger partial charge is 0.274 e. The van der Waals surface area contributed by atoms with Gasteiger partial charge in [0.25, 0.3) is 5.56 Å². The van der Waals surface area contributed by atoms with Crippen molar-refractivity contribution in [3.63, 3.8) is 0 Å². The highest BCUT2D eigenvalue weighted by Crippen LogP contribution is 2.10. The Bertz CT molecular complexity index is 481. The lowest BCUT2D eigenvalue weighted by molar-refractivity contribution is 0.476. The number of nitrogens with zero attached hydrogens (tertiary/aromatic N) is 2. The highest BCUT2D eigenvalue weighted by Gasteiger charge is 2.01. The molecule has 2 aromatic rings. The zero-order valence-electron chi connectivity index (χ0n) is 6.56. The minimum atomic E-state index is -0.113. The van der Waals surface area contributed by atoms with Gasteiger partial charge in [-0.25, -0.2) is 0 Å². The standard InChI is InChI=1S/C8H8N2O2/c1-9-2-3-10-5-6(11)4-7(10)8(9)12/h2-5,11H,1H3. The topological polar surface area (TPSA) is 46.6 Å². The summed E-state index contributed by atoms with van der Waals surface area (Å²) in [4.78, 5) is 11.4. The average molecular weight is 164 g/mol. The van der Waals surface area contributed by atoms with Crippen molar-refractivity contribution in [2.24, 2.45) is 7.05 Å². The van der Waals surface area contributed by atoms with Gasteiger partial charge in [0.05, 0.1) is 6.20 Å². The lowest BCUT2D eigenvalue weighted by Crippen LogP contribution is -2.17. The summed E-state index contributed by atoms with van der Waals surface area (Å²) in [5, 5.41) is 9.10. The molecule has 0 saturated carbocycles. The Morgan fingerprint density at radius 2 is 2.17 bits per heavy atom. The van der Waals surface area contributed by atoms with Crippen LogP contribution in [0.25, 0.3) is 5.52 Å². The molecule has 0 aliphatic heterocycles. The van der Waals surface area contributed by atoms with Crippen LogP contribution < -0.4 is 5.56 Å². The molecule has 2 aromatic heterocycles. The SMILES string of the molecule is Cn1ccn2cc(O)cc2c1=O. The van der Waals surface area contributed by atoms with Crippen molar-refractivity contribution < 1.29 is 5.11 Å². The Morgan fingerprint density at radius 3 is 2.92 bits per heavy atom. The molecule has 0 unspecified atom stereocenters. The van der Waals surface area contributed by atoms with Crippen molar-refractivity contribution in [2.75, 3.05) is 0 Å². The molecule has 2 rings (SSSR count). The average Bonchev–Trinajstić information content (AvgIpc) is 2.39. The van der Waals surface area contributed by atoms with Crippen molar-refractivity contribution in [3.05, 3.63) is 35.0 Å². The molecular weight excluding hydrogens is 156 g/mol. The zero-order chi connectivity index (χ0) is 8.72. The fourth-order valence-electron chi connectivity index (χ4n) is 1.18. The van der Waals surface area contributed by atoms with Crippen LogP contribution in [0.4, 0.5) is 0 Å². The summed E-state index contributed by atoms with van der Waals surface area (Å²) in [6.45, 7) is 0. The first-order chi connectivity index (χ1) is 5.68. The van der Waals surface area contributed by atoms with E-state index in [1.165, 1.54) is 16.8 Å². The molecule has 0 aliphatic carbocycles. The molecule has 0 aliphatic rings. The maximum absolute atomic E-state index is 11.4. The predicted octanol–water partition coefficient (Wildman–Crippen LogP) is 0.344. The number of hydrogen-bond donors (Lipinski definition) is 1. The Balaban J connectivity index is 2.99. The molecule has 0 aromatic carbocycles. The summed E-state index contributed by atoms with van der Waals surface area (Å²) >= 11 is 0. The Kier molecular flexibility index (Phi) is 1.24. The van der Waals surface area contributed by atoms with Crippen LogP contribution in [-0.2, 0) is 7.05 Å². The number of aromatic hydroxyl groups is 1. The van der Waals surface area contributed by atoms with E-state index in [-0.39, 0.29) is 11.3 Å². The maximum atomic E-state index is 11.4. The molecule has 0 atom stereocenters. The molecule has 0 bridgehead atoms.